The van der Waals surface area contributed by atoms with E-state index < -0.39 is 5.97 Å². The summed E-state index contributed by atoms with van der Waals surface area (Å²) < 4.78 is 0. The van der Waals surface area contributed by atoms with Crippen LogP contribution in [0.3, 0.4) is 0 Å². The molecule has 1 aromatic rings. The molecule has 0 amide bonds. The molecule has 1 heterocycles. The predicted molar refractivity (Wildman–Crippen MR) is 45.2 cm³/mol. The molecule has 0 aliphatic carbocycles. The molecule has 3 nitrogen and oxygen atoms in total. The Morgan fingerprint density at radius 1 is 1.58 bits per heavy atom. The van der Waals surface area contributed by atoms with Crippen molar-refractivity contribution in [3.8, 4) is 0 Å². The summed E-state index contributed by atoms with van der Waals surface area (Å²) in [4.78, 5) is 14.0. The molecule has 0 aliphatic heterocycles. The first-order valence-corrected chi connectivity index (χ1v) is 3.87. The standard InChI is InChI=1S/C8H8ClNO2/c9-7-3-6(4-10-5-7)1-2-8(11)12/h3-5H,1-2H2,(H,11,12). The number of hydrogen-bond acceptors (Lipinski definition) is 2. The van der Waals surface area contributed by atoms with Crippen molar-refractivity contribution >= 4 is 17.6 Å². The summed E-state index contributed by atoms with van der Waals surface area (Å²) in [7, 11) is 0. The van der Waals surface area contributed by atoms with Gasteiger partial charge in [-0.15, -0.1) is 0 Å². The molecule has 64 valence electrons. The van der Waals surface area contributed by atoms with E-state index in [0.29, 0.717) is 11.4 Å². The average molecular weight is 186 g/mol. The van der Waals surface area contributed by atoms with Crippen molar-refractivity contribution in [2.24, 2.45) is 0 Å². The number of aromatic nitrogens is 1. The molecule has 0 fully saturated rings. The second-order valence-corrected chi connectivity index (χ2v) is 2.84. The highest BCUT2D eigenvalue weighted by Crippen LogP contribution is 2.09. The largest absolute Gasteiger partial charge is 0.481 e. The molecule has 0 atom stereocenters. The summed E-state index contributed by atoms with van der Waals surface area (Å²) in [5, 5.41) is 8.93. The summed E-state index contributed by atoms with van der Waals surface area (Å²) in [6.07, 6.45) is 3.73. The van der Waals surface area contributed by atoms with Crippen LogP contribution in [0.15, 0.2) is 18.5 Å². The maximum absolute atomic E-state index is 10.2. The third-order valence-corrected chi connectivity index (χ3v) is 1.60. The summed E-state index contributed by atoms with van der Waals surface area (Å²) >= 11 is 5.65. The van der Waals surface area contributed by atoms with Gasteiger partial charge in [0.25, 0.3) is 0 Å². The molecule has 12 heavy (non-hydrogen) atoms. The second kappa shape index (κ2) is 4.07. The number of carbonyl (C=O) groups is 1. The number of pyridine rings is 1. The number of rotatable bonds is 3. The van der Waals surface area contributed by atoms with Crippen molar-refractivity contribution in [3.05, 3.63) is 29.0 Å². The minimum Gasteiger partial charge on any atom is -0.481 e. The summed E-state index contributed by atoms with van der Waals surface area (Å²) in [6, 6.07) is 1.72. The number of hydrogen-bond donors (Lipinski definition) is 1. The maximum atomic E-state index is 10.2. The van der Waals surface area contributed by atoms with E-state index in [9.17, 15) is 4.79 Å². The number of carboxylic acids is 1. The van der Waals surface area contributed by atoms with Gasteiger partial charge in [0.1, 0.15) is 0 Å². The lowest BCUT2D eigenvalue weighted by Crippen LogP contribution is -1.97. The van der Waals surface area contributed by atoms with E-state index in [1.165, 1.54) is 6.20 Å². The summed E-state index contributed by atoms with van der Waals surface area (Å²) in [5.74, 6) is -0.810. The van der Waals surface area contributed by atoms with Crippen LogP contribution in [0.5, 0.6) is 0 Å². The van der Waals surface area contributed by atoms with Gasteiger partial charge in [-0.2, -0.15) is 0 Å². The fourth-order valence-corrected chi connectivity index (χ4v) is 1.04. The van der Waals surface area contributed by atoms with Crippen molar-refractivity contribution in [3.63, 3.8) is 0 Å². The third kappa shape index (κ3) is 2.88. The van der Waals surface area contributed by atoms with E-state index in [4.69, 9.17) is 16.7 Å². The Kier molecular flexibility index (Phi) is 3.05. The Bertz CT molecular complexity index is 288. The number of halogens is 1. The van der Waals surface area contributed by atoms with Crippen LogP contribution in [-0.2, 0) is 11.2 Å². The highest BCUT2D eigenvalue weighted by Gasteiger charge is 1.99. The molecule has 1 rings (SSSR count). The quantitative estimate of drug-likeness (QED) is 0.781. The highest BCUT2D eigenvalue weighted by atomic mass is 35.5. The lowest BCUT2D eigenvalue weighted by atomic mass is 10.2. The van der Waals surface area contributed by atoms with Gasteiger partial charge < -0.3 is 5.11 Å². The van der Waals surface area contributed by atoms with E-state index in [2.05, 4.69) is 4.98 Å². The van der Waals surface area contributed by atoms with Crippen LogP contribution >= 0.6 is 11.6 Å². The average Bonchev–Trinajstić information content (AvgIpc) is 2.01. The summed E-state index contributed by atoms with van der Waals surface area (Å²) in [6.45, 7) is 0. The van der Waals surface area contributed by atoms with Crippen LogP contribution in [0.4, 0.5) is 0 Å². The topological polar surface area (TPSA) is 50.2 Å². The van der Waals surface area contributed by atoms with E-state index >= 15 is 0 Å². The van der Waals surface area contributed by atoms with Crippen LogP contribution in [0.2, 0.25) is 5.02 Å². The Morgan fingerprint density at radius 3 is 2.92 bits per heavy atom. The molecule has 4 heteroatoms. The molecule has 0 aliphatic rings. The van der Waals surface area contributed by atoms with Crippen molar-refractivity contribution in [2.45, 2.75) is 12.8 Å². The van der Waals surface area contributed by atoms with Gasteiger partial charge >= 0.3 is 5.97 Å². The van der Waals surface area contributed by atoms with Gasteiger partial charge in [0.15, 0.2) is 0 Å². The van der Waals surface area contributed by atoms with Crippen LogP contribution in [0.1, 0.15) is 12.0 Å². The molecule has 0 unspecified atom stereocenters. The SMILES string of the molecule is O=C(O)CCc1cncc(Cl)c1. The Balaban J connectivity index is 2.57. The molecule has 0 spiro atoms. The van der Waals surface area contributed by atoms with Crippen molar-refractivity contribution < 1.29 is 9.90 Å². The first kappa shape index (κ1) is 9.00. The van der Waals surface area contributed by atoms with Gasteiger partial charge in [0.2, 0.25) is 0 Å². The third-order valence-electron chi connectivity index (χ3n) is 1.39. The Morgan fingerprint density at radius 2 is 2.33 bits per heavy atom. The number of carboxylic acid groups (broad SMARTS) is 1. The smallest absolute Gasteiger partial charge is 0.303 e. The van der Waals surface area contributed by atoms with Crippen molar-refractivity contribution in [1.29, 1.82) is 0 Å². The van der Waals surface area contributed by atoms with Gasteiger partial charge in [-0.25, -0.2) is 0 Å². The molecular weight excluding hydrogens is 178 g/mol. The zero-order valence-corrected chi connectivity index (χ0v) is 7.08. The van der Waals surface area contributed by atoms with E-state index in [1.807, 2.05) is 0 Å². The minimum atomic E-state index is -0.810. The first-order valence-electron chi connectivity index (χ1n) is 3.49. The van der Waals surface area contributed by atoms with Crippen LogP contribution in [0.25, 0.3) is 0 Å². The molecule has 0 saturated carbocycles. The van der Waals surface area contributed by atoms with Gasteiger partial charge in [-0.3, -0.25) is 9.78 Å². The minimum absolute atomic E-state index is 0.113. The fraction of sp³-hybridized carbons (Fsp3) is 0.250. The van der Waals surface area contributed by atoms with Gasteiger partial charge in [-0.1, -0.05) is 11.6 Å². The molecule has 1 aromatic heterocycles. The van der Waals surface area contributed by atoms with Crippen LogP contribution in [-0.4, -0.2) is 16.1 Å². The number of nitrogens with zero attached hydrogens (tertiary/aromatic N) is 1. The van der Waals surface area contributed by atoms with Crippen molar-refractivity contribution in [1.82, 2.24) is 4.98 Å². The molecule has 0 saturated heterocycles. The number of aryl methyl sites for hydroxylation is 1. The summed E-state index contributed by atoms with van der Waals surface area (Å²) in [5.41, 5.74) is 0.852. The van der Waals surface area contributed by atoms with E-state index in [1.54, 1.807) is 12.3 Å². The van der Waals surface area contributed by atoms with E-state index in [-0.39, 0.29) is 6.42 Å². The lowest BCUT2D eigenvalue weighted by molar-refractivity contribution is -0.136. The molecule has 0 radical (unpaired) electrons. The molecule has 0 aromatic carbocycles. The maximum Gasteiger partial charge on any atom is 0.303 e. The molecule has 0 bridgehead atoms. The first-order chi connectivity index (χ1) is 5.68. The fourth-order valence-electron chi connectivity index (χ4n) is 0.844. The monoisotopic (exact) mass is 185 g/mol. The Labute approximate surface area is 75.0 Å². The predicted octanol–water partition coefficient (Wildman–Crippen LogP) is 1.75. The van der Waals surface area contributed by atoms with Crippen LogP contribution < -0.4 is 0 Å². The zero-order valence-electron chi connectivity index (χ0n) is 6.33. The Hall–Kier alpha value is -1.09. The van der Waals surface area contributed by atoms with Gasteiger partial charge in [0, 0.05) is 18.8 Å². The van der Waals surface area contributed by atoms with E-state index in [0.717, 1.165) is 5.56 Å². The van der Waals surface area contributed by atoms with Crippen LogP contribution in [0, 0.1) is 0 Å². The highest BCUT2D eigenvalue weighted by molar-refractivity contribution is 6.30. The zero-order chi connectivity index (χ0) is 8.97. The molecule has 1 N–H and O–H groups in total. The number of aliphatic carboxylic acids is 1. The van der Waals surface area contributed by atoms with Crippen molar-refractivity contribution in [2.75, 3.05) is 0 Å². The van der Waals surface area contributed by atoms with Gasteiger partial charge in [0.05, 0.1) is 5.02 Å². The normalized spacial score (nSPS) is 9.75. The second-order valence-electron chi connectivity index (χ2n) is 2.41. The molecular formula is C8H8ClNO2. The lowest BCUT2D eigenvalue weighted by Gasteiger charge is -1.97. The van der Waals surface area contributed by atoms with Gasteiger partial charge in [-0.05, 0) is 18.1 Å².